The van der Waals surface area contributed by atoms with Crippen molar-refractivity contribution < 1.29 is 22.4 Å². The number of benzene rings is 2. The van der Waals surface area contributed by atoms with Crippen LogP contribution in [0.25, 0.3) is 0 Å². The van der Waals surface area contributed by atoms with Crippen molar-refractivity contribution in [1.82, 2.24) is 4.98 Å². The van der Waals surface area contributed by atoms with Gasteiger partial charge in [0.1, 0.15) is 11.6 Å². The SMILES string of the molecule is O=C(Nc1ccc(Nc2ccc(C(F)(F)F)cc2)cn1)c1ccccc1F. The summed E-state index contributed by atoms with van der Waals surface area (Å²) in [5, 5.41) is 5.37. The quantitative estimate of drug-likeness (QED) is 0.614. The molecule has 0 spiro atoms. The lowest BCUT2D eigenvalue weighted by Gasteiger charge is -2.10. The first-order chi connectivity index (χ1) is 12.8. The van der Waals surface area contributed by atoms with Gasteiger partial charge in [0.25, 0.3) is 5.91 Å². The van der Waals surface area contributed by atoms with E-state index in [2.05, 4.69) is 15.6 Å². The Morgan fingerprint density at radius 2 is 1.56 bits per heavy atom. The zero-order valence-corrected chi connectivity index (χ0v) is 13.7. The summed E-state index contributed by atoms with van der Waals surface area (Å²) in [6, 6.07) is 13.2. The lowest BCUT2D eigenvalue weighted by Crippen LogP contribution is -2.14. The highest BCUT2D eigenvalue weighted by molar-refractivity contribution is 6.03. The molecular formula is C19H13F4N3O. The van der Waals surface area contributed by atoms with Crippen LogP contribution in [0.5, 0.6) is 0 Å². The predicted molar refractivity (Wildman–Crippen MR) is 93.3 cm³/mol. The first kappa shape index (κ1) is 18.4. The number of halogens is 4. The monoisotopic (exact) mass is 375 g/mol. The second kappa shape index (κ2) is 7.45. The minimum absolute atomic E-state index is 0.105. The molecule has 0 unspecified atom stereocenters. The van der Waals surface area contributed by atoms with Crippen LogP contribution in [0.1, 0.15) is 15.9 Å². The van der Waals surface area contributed by atoms with Gasteiger partial charge in [0.2, 0.25) is 0 Å². The fraction of sp³-hybridized carbons (Fsp3) is 0.0526. The van der Waals surface area contributed by atoms with Gasteiger partial charge in [0.15, 0.2) is 0 Å². The average molecular weight is 375 g/mol. The van der Waals surface area contributed by atoms with Gasteiger partial charge in [-0.2, -0.15) is 13.2 Å². The van der Waals surface area contributed by atoms with Gasteiger partial charge in [-0.1, -0.05) is 12.1 Å². The van der Waals surface area contributed by atoms with Crippen molar-refractivity contribution in [2.45, 2.75) is 6.18 Å². The Balaban J connectivity index is 1.65. The molecule has 1 aromatic heterocycles. The molecule has 1 amide bonds. The number of rotatable bonds is 4. The normalized spacial score (nSPS) is 11.1. The molecule has 0 aliphatic carbocycles. The van der Waals surface area contributed by atoms with E-state index in [4.69, 9.17) is 0 Å². The summed E-state index contributed by atoms with van der Waals surface area (Å²) < 4.78 is 51.3. The van der Waals surface area contributed by atoms with Gasteiger partial charge in [-0.05, 0) is 48.5 Å². The van der Waals surface area contributed by atoms with E-state index in [1.165, 1.54) is 42.6 Å². The van der Waals surface area contributed by atoms with Crippen molar-refractivity contribution >= 4 is 23.1 Å². The van der Waals surface area contributed by atoms with Gasteiger partial charge in [0.05, 0.1) is 23.0 Å². The molecule has 1 heterocycles. The van der Waals surface area contributed by atoms with Crippen LogP contribution in [0.2, 0.25) is 0 Å². The van der Waals surface area contributed by atoms with Crippen LogP contribution in [-0.2, 0) is 6.18 Å². The molecule has 0 aliphatic heterocycles. The number of pyridine rings is 1. The van der Waals surface area contributed by atoms with Gasteiger partial charge >= 0.3 is 6.18 Å². The molecule has 3 aromatic rings. The Hall–Kier alpha value is -3.42. The third-order valence-electron chi connectivity index (χ3n) is 3.62. The molecule has 8 heteroatoms. The smallest absolute Gasteiger partial charge is 0.354 e. The number of carbonyl (C=O) groups excluding carboxylic acids is 1. The standard InChI is InChI=1S/C19H13F4N3O/c20-16-4-2-1-3-15(16)18(27)26-17-10-9-14(11-24-17)25-13-7-5-12(6-8-13)19(21,22)23/h1-11,25H,(H,24,26,27). The minimum atomic E-state index is -4.39. The van der Waals surface area contributed by atoms with E-state index in [9.17, 15) is 22.4 Å². The van der Waals surface area contributed by atoms with Crippen LogP contribution < -0.4 is 10.6 Å². The summed E-state index contributed by atoms with van der Waals surface area (Å²) in [6.07, 6.45) is -2.99. The van der Waals surface area contributed by atoms with Crippen LogP contribution in [0.15, 0.2) is 66.9 Å². The Bertz CT molecular complexity index is 938. The molecule has 0 saturated heterocycles. The molecule has 0 aliphatic rings. The van der Waals surface area contributed by atoms with Crippen LogP contribution in [-0.4, -0.2) is 10.9 Å². The lowest BCUT2D eigenvalue weighted by atomic mass is 10.2. The maximum Gasteiger partial charge on any atom is 0.416 e. The molecule has 138 valence electrons. The van der Waals surface area contributed by atoms with Crippen LogP contribution in [0.3, 0.4) is 0 Å². The largest absolute Gasteiger partial charge is 0.416 e. The number of amides is 1. The second-order valence-corrected chi connectivity index (χ2v) is 5.57. The van der Waals surface area contributed by atoms with Gasteiger partial charge < -0.3 is 10.6 Å². The first-order valence-corrected chi connectivity index (χ1v) is 7.79. The molecule has 2 aromatic carbocycles. The third kappa shape index (κ3) is 4.60. The number of nitrogens with one attached hydrogen (secondary N) is 2. The maximum absolute atomic E-state index is 13.6. The maximum atomic E-state index is 13.6. The van der Waals surface area contributed by atoms with Gasteiger partial charge in [-0.25, -0.2) is 9.37 Å². The Morgan fingerprint density at radius 1 is 0.889 bits per heavy atom. The van der Waals surface area contributed by atoms with Crippen molar-refractivity contribution in [2.75, 3.05) is 10.6 Å². The Labute approximate surface area is 151 Å². The molecular weight excluding hydrogens is 362 g/mol. The molecule has 0 atom stereocenters. The topological polar surface area (TPSA) is 54.0 Å². The number of alkyl halides is 3. The van der Waals surface area contributed by atoms with Crippen LogP contribution in [0, 0.1) is 5.82 Å². The van der Waals surface area contributed by atoms with E-state index >= 15 is 0 Å². The lowest BCUT2D eigenvalue weighted by molar-refractivity contribution is -0.137. The summed E-state index contributed by atoms with van der Waals surface area (Å²) >= 11 is 0. The number of aromatic nitrogens is 1. The number of hydrogen-bond donors (Lipinski definition) is 2. The van der Waals surface area contributed by atoms with E-state index in [1.807, 2.05) is 0 Å². The molecule has 0 fully saturated rings. The number of nitrogens with zero attached hydrogens (tertiary/aromatic N) is 1. The molecule has 0 radical (unpaired) electrons. The third-order valence-corrected chi connectivity index (χ3v) is 3.62. The molecule has 0 bridgehead atoms. The van der Waals surface area contributed by atoms with E-state index in [0.717, 1.165) is 12.1 Å². The van der Waals surface area contributed by atoms with Crippen molar-refractivity contribution in [1.29, 1.82) is 0 Å². The molecule has 2 N–H and O–H groups in total. The number of anilines is 3. The number of carbonyl (C=O) groups is 1. The number of hydrogen-bond acceptors (Lipinski definition) is 3. The highest BCUT2D eigenvalue weighted by Gasteiger charge is 2.29. The predicted octanol–water partition coefficient (Wildman–Crippen LogP) is 5.24. The van der Waals surface area contributed by atoms with Gasteiger partial charge in [0, 0.05) is 5.69 Å². The molecule has 4 nitrogen and oxygen atoms in total. The van der Waals surface area contributed by atoms with Crippen molar-refractivity contribution in [3.63, 3.8) is 0 Å². The fourth-order valence-electron chi connectivity index (χ4n) is 2.28. The molecule has 0 saturated carbocycles. The van der Waals surface area contributed by atoms with Gasteiger partial charge in [-0.3, -0.25) is 4.79 Å². The summed E-state index contributed by atoms with van der Waals surface area (Å²) in [5.41, 5.74) is 0.121. The minimum Gasteiger partial charge on any atom is -0.354 e. The van der Waals surface area contributed by atoms with Crippen molar-refractivity contribution in [2.24, 2.45) is 0 Å². The summed E-state index contributed by atoms with van der Waals surface area (Å²) in [6.45, 7) is 0. The highest BCUT2D eigenvalue weighted by Crippen LogP contribution is 2.30. The highest BCUT2D eigenvalue weighted by atomic mass is 19.4. The summed E-state index contributed by atoms with van der Waals surface area (Å²) in [7, 11) is 0. The van der Waals surface area contributed by atoms with E-state index in [1.54, 1.807) is 12.1 Å². The van der Waals surface area contributed by atoms with E-state index in [-0.39, 0.29) is 11.4 Å². The summed E-state index contributed by atoms with van der Waals surface area (Å²) in [5.74, 6) is -1.07. The Morgan fingerprint density at radius 3 is 2.15 bits per heavy atom. The fourth-order valence-corrected chi connectivity index (χ4v) is 2.28. The summed E-state index contributed by atoms with van der Waals surface area (Å²) in [4.78, 5) is 16.1. The van der Waals surface area contributed by atoms with Crippen LogP contribution in [0.4, 0.5) is 34.8 Å². The average Bonchev–Trinajstić information content (AvgIpc) is 2.63. The second-order valence-electron chi connectivity index (χ2n) is 5.57. The molecule has 27 heavy (non-hydrogen) atoms. The zero-order chi connectivity index (χ0) is 19.4. The molecule has 3 rings (SSSR count). The van der Waals surface area contributed by atoms with Gasteiger partial charge in [-0.15, -0.1) is 0 Å². The first-order valence-electron chi connectivity index (χ1n) is 7.79. The zero-order valence-electron chi connectivity index (χ0n) is 13.7. The van der Waals surface area contributed by atoms with E-state index in [0.29, 0.717) is 11.4 Å². The van der Waals surface area contributed by atoms with Crippen molar-refractivity contribution in [3.05, 3.63) is 83.8 Å². The van der Waals surface area contributed by atoms with E-state index < -0.39 is 23.5 Å². The van der Waals surface area contributed by atoms with Crippen molar-refractivity contribution in [3.8, 4) is 0 Å². The Kier molecular flexibility index (Phi) is 5.07. The van der Waals surface area contributed by atoms with Crippen LogP contribution >= 0.6 is 0 Å².